The van der Waals surface area contributed by atoms with Crippen molar-refractivity contribution in [1.82, 2.24) is 4.98 Å². The highest BCUT2D eigenvalue weighted by Gasteiger charge is 2.17. The molecule has 14 heavy (non-hydrogen) atoms. The number of thiazole rings is 1. The van der Waals surface area contributed by atoms with Crippen LogP contribution in [0, 0.1) is 0 Å². The molecule has 0 spiro atoms. The Morgan fingerprint density at radius 2 is 2.29 bits per heavy atom. The van der Waals surface area contributed by atoms with Crippen LogP contribution >= 0.6 is 27.3 Å². The summed E-state index contributed by atoms with van der Waals surface area (Å²) in [5, 5.41) is 2.62. The number of nitrogens with zero attached hydrogens (tertiary/aromatic N) is 1. The van der Waals surface area contributed by atoms with Gasteiger partial charge in [0.2, 0.25) is 0 Å². The van der Waals surface area contributed by atoms with Gasteiger partial charge in [-0.2, -0.15) is 0 Å². The fourth-order valence-corrected chi connectivity index (χ4v) is 2.12. The molecular formula is C9H12BrNO2S. The van der Waals surface area contributed by atoms with E-state index in [0.29, 0.717) is 0 Å². The quantitative estimate of drug-likeness (QED) is 0.781. The van der Waals surface area contributed by atoms with Gasteiger partial charge in [0.15, 0.2) is 0 Å². The molecule has 0 unspecified atom stereocenters. The summed E-state index contributed by atoms with van der Waals surface area (Å²) in [4.78, 5) is 15.5. The van der Waals surface area contributed by atoms with Crippen molar-refractivity contribution in [2.45, 2.75) is 32.8 Å². The van der Waals surface area contributed by atoms with Crippen LogP contribution in [-0.2, 0) is 16.0 Å². The average Bonchev–Trinajstić information content (AvgIpc) is 2.30. The smallest absolute Gasteiger partial charge is 0.313 e. The zero-order valence-corrected chi connectivity index (χ0v) is 10.7. The van der Waals surface area contributed by atoms with Crippen molar-refractivity contribution in [1.29, 1.82) is 0 Å². The van der Waals surface area contributed by atoms with E-state index >= 15 is 0 Å². The molecule has 0 radical (unpaired) electrons. The third-order valence-electron chi connectivity index (χ3n) is 1.24. The Morgan fingerprint density at radius 1 is 1.64 bits per heavy atom. The topological polar surface area (TPSA) is 39.2 Å². The number of carbonyl (C=O) groups excluding carboxylic acids is 1. The first-order chi connectivity index (χ1) is 6.37. The zero-order valence-electron chi connectivity index (χ0n) is 8.33. The third kappa shape index (κ3) is 4.19. The first-order valence-electron chi connectivity index (χ1n) is 4.18. The lowest BCUT2D eigenvalue weighted by Crippen LogP contribution is -2.24. The Bertz CT molecular complexity index is 330. The molecule has 1 aromatic rings. The molecule has 0 atom stereocenters. The molecule has 5 heteroatoms. The van der Waals surface area contributed by atoms with Gasteiger partial charge in [-0.3, -0.25) is 4.79 Å². The molecule has 1 heterocycles. The Morgan fingerprint density at radius 3 is 2.71 bits per heavy atom. The van der Waals surface area contributed by atoms with Crippen molar-refractivity contribution < 1.29 is 9.53 Å². The van der Waals surface area contributed by atoms with Crippen LogP contribution in [-0.4, -0.2) is 16.6 Å². The summed E-state index contributed by atoms with van der Waals surface area (Å²) in [6.07, 6.45) is 0.244. The van der Waals surface area contributed by atoms with E-state index in [4.69, 9.17) is 4.74 Å². The second kappa shape index (κ2) is 4.40. The molecule has 0 aliphatic carbocycles. The molecule has 0 saturated carbocycles. The highest BCUT2D eigenvalue weighted by atomic mass is 79.9. The lowest BCUT2D eigenvalue weighted by atomic mass is 10.2. The van der Waals surface area contributed by atoms with Gasteiger partial charge in [-0.25, -0.2) is 4.98 Å². The minimum absolute atomic E-state index is 0.237. The lowest BCUT2D eigenvalue weighted by Gasteiger charge is -2.18. The molecule has 0 amide bonds. The van der Waals surface area contributed by atoms with Crippen LogP contribution in [0.2, 0.25) is 0 Å². The summed E-state index contributed by atoms with van der Waals surface area (Å²) >= 11 is 4.68. The standard InChI is InChI=1S/C9H12BrNO2S/c1-9(2,3)13-8(12)4-7-11-6(10)5-14-7/h5H,4H2,1-3H3. The van der Waals surface area contributed by atoms with Crippen LogP contribution in [0.25, 0.3) is 0 Å². The fraction of sp³-hybridized carbons (Fsp3) is 0.556. The monoisotopic (exact) mass is 277 g/mol. The van der Waals surface area contributed by atoms with Crippen LogP contribution in [0.4, 0.5) is 0 Å². The van der Waals surface area contributed by atoms with Crippen LogP contribution < -0.4 is 0 Å². The second-order valence-electron chi connectivity index (χ2n) is 3.83. The van der Waals surface area contributed by atoms with Crippen molar-refractivity contribution in [3.05, 3.63) is 15.0 Å². The van der Waals surface area contributed by atoms with Crippen molar-refractivity contribution in [3.63, 3.8) is 0 Å². The molecule has 0 aliphatic heterocycles. The summed E-state index contributed by atoms with van der Waals surface area (Å²) in [6.45, 7) is 5.55. The largest absolute Gasteiger partial charge is 0.460 e. The van der Waals surface area contributed by atoms with Gasteiger partial charge in [0.05, 0.1) is 6.42 Å². The van der Waals surface area contributed by atoms with E-state index in [0.717, 1.165) is 9.61 Å². The molecule has 0 aromatic carbocycles. The number of hydrogen-bond acceptors (Lipinski definition) is 4. The molecule has 0 fully saturated rings. The number of carbonyl (C=O) groups is 1. The second-order valence-corrected chi connectivity index (χ2v) is 5.58. The molecule has 0 aliphatic rings. The Balaban J connectivity index is 2.50. The van der Waals surface area contributed by atoms with E-state index in [9.17, 15) is 4.79 Å². The van der Waals surface area contributed by atoms with Crippen molar-refractivity contribution in [2.75, 3.05) is 0 Å². The number of ether oxygens (including phenoxy) is 1. The normalized spacial score (nSPS) is 11.4. The van der Waals surface area contributed by atoms with Crippen molar-refractivity contribution in [3.8, 4) is 0 Å². The summed E-state index contributed by atoms with van der Waals surface area (Å²) in [7, 11) is 0. The van der Waals surface area contributed by atoms with Gasteiger partial charge in [-0.05, 0) is 36.7 Å². The van der Waals surface area contributed by atoms with Gasteiger partial charge in [-0.15, -0.1) is 11.3 Å². The van der Waals surface area contributed by atoms with Gasteiger partial charge in [-0.1, -0.05) is 0 Å². The van der Waals surface area contributed by atoms with Crippen LogP contribution in [0.5, 0.6) is 0 Å². The van der Waals surface area contributed by atoms with Gasteiger partial charge in [0.1, 0.15) is 15.2 Å². The summed E-state index contributed by atoms with van der Waals surface area (Å²) in [5.74, 6) is -0.237. The number of aromatic nitrogens is 1. The Labute approximate surface area is 95.6 Å². The minimum Gasteiger partial charge on any atom is -0.460 e. The van der Waals surface area contributed by atoms with Crippen molar-refractivity contribution in [2.24, 2.45) is 0 Å². The Kier molecular flexibility index (Phi) is 3.66. The SMILES string of the molecule is CC(C)(C)OC(=O)Cc1nc(Br)cs1. The molecule has 0 saturated heterocycles. The average molecular weight is 278 g/mol. The predicted octanol–water partition coefficient (Wildman–Crippen LogP) is 2.79. The fourth-order valence-electron chi connectivity index (χ4n) is 0.871. The highest BCUT2D eigenvalue weighted by molar-refractivity contribution is 9.10. The summed E-state index contributed by atoms with van der Waals surface area (Å²) < 4.78 is 5.93. The Hall–Kier alpha value is -0.420. The maximum atomic E-state index is 11.4. The van der Waals surface area contributed by atoms with E-state index in [2.05, 4.69) is 20.9 Å². The van der Waals surface area contributed by atoms with E-state index in [1.807, 2.05) is 26.2 Å². The lowest BCUT2D eigenvalue weighted by molar-refractivity contribution is -0.153. The zero-order chi connectivity index (χ0) is 10.8. The van der Waals surface area contributed by atoms with Gasteiger partial charge < -0.3 is 4.74 Å². The van der Waals surface area contributed by atoms with E-state index in [1.54, 1.807) is 0 Å². The highest BCUT2D eigenvalue weighted by Crippen LogP contribution is 2.16. The third-order valence-corrected chi connectivity index (χ3v) is 2.80. The van der Waals surface area contributed by atoms with Gasteiger partial charge in [0.25, 0.3) is 0 Å². The summed E-state index contributed by atoms with van der Waals surface area (Å²) in [6, 6.07) is 0. The summed E-state index contributed by atoms with van der Waals surface area (Å²) in [5.41, 5.74) is -0.425. The molecule has 1 rings (SSSR count). The predicted molar refractivity (Wildman–Crippen MR) is 59.4 cm³/mol. The van der Waals surface area contributed by atoms with E-state index in [-0.39, 0.29) is 12.4 Å². The first-order valence-corrected chi connectivity index (χ1v) is 5.86. The van der Waals surface area contributed by atoms with Gasteiger partial charge >= 0.3 is 5.97 Å². The maximum Gasteiger partial charge on any atom is 0.313 e. The molecule has 1 aromatic heterocycles. The van der Waals surface area contributed by atoms with Crippen LogP contribution in [0.15, 0.2) is 9.98 Å². The number of esters is 1. The van der Waals surface area contributed by atoms with E-state index in [1.165, 1.54) is 11.3 Å². The molecule has 0 bridgehead atoms. The van der Waals surface area contributed by atoms with Crippen molar-refractivity contribution >= 4 is 33.2 Å². The molecule has 0 N–H and O–H groups in total. The van der Waals surface area contributed by atoms with Crippen LogP contribution in [0.3, 0.4) is 0 Å². The number of halogens is 1. The minimum atomic E-state index is -0.425. The molecule has 78 valence electrons. The number of rotatable bonds is 2. The molecule has 3 nitrogen and oxygen atoms in total. The first kappa shape index (κ1) is 11.7. The van der Waals surface area contributed by atoms with Crippen LogP contribution in [0.1, 0.15) is 25.8 Å². The van der Waals surface area contributed by atoms with E-state index < -0.39 is 5.60 Å². The van der Waals surface area contributed by atoms with Gasteiger partial charge in [0, 0.05) is 5.38 Å². The molecular weight excluding hydrogens is 266 g/mol. The number of hydrogen-bond donors (Lipinski definition) is 0. The maximum absolute atomic E-state index is 11.4.